The van der Waals surface area contributed by atoms with Crippen LogP contribution in [0.15, 0.2) is 0 Å². The Labute approximate surface area is 118 Å². The van der Waals surface area contributed by atoms with E-state index in [1.807, 2.05) is 0 Å². The number of carbonyl (C=O) groups excluding carboxylic acids is 1. The monoisotopic (exact) mass is 268 g/mol. The van der Waals surface area contributed by atoms with Crippen LogP contribution >= 0.6 is 0 Å². The number of rotatable bonds is 9. The van der Waals surface area contributed by atoms with Gasteiger partial charge in [-0.15, -0.1) is 0 Å². The van der Waals surface area contributed by atoms with Crippen molar-refractivity contribution in [2.75, 3.05) is 13.1 Å². The first-order chi connectivity index (χ1) is 9.24. The second-order valence-corrected chi connectivity index (χ2v) is 5.89. The third-order valence-electron chi connectivity index (χ3n) is 4.28. The minimum absolute atomic E-state index is 0.244. The largest absolute Gasteiger partial charge is 0.339 e. The number of carbonyl (C=O) groups is 1. The predicted octanol–water partition coefficient (Wildman–Crippen LogP) is 3.32. The zero-order valence-corrected chi connectivity index (χ0v) is 12.9. The van der Waals surface area contributed by atoms with Crippen LogP contribution in [-0.2, 0) is 4.79 Å². The van der Waals surface area contributed by atoms with Crippen LogP contribution in [-0.4, -0.2) is 29.9 Å². The van der Waals surface area contributed by atoms with Gasteiger partial charge in [0.25, 0.3) is 0 Å². The molecule has 1 aliphatic carbocycles. The molecule has 0 atom stereocenters. The third kappa shape index (κ3) is 5.13. The van der Waals surface area contributed by atoms with Gasteiger partial charge in [-0.3, -0.25) is 4.79 Å². The fourth-order valence-corrected chi connectivity index (χ4v) is 3.27. The normalized spacial score (nSPS) is 16.2. The van der Waals surface area contributed by atoms with Crippen LogP contribution < -0.4 is 5.73 Å². The summed E-state index contributed by atoms with van der Waals surface area (Å²) < 4.78 is 0. The van der Waals surface area contributed by atoms with E-state index in [9.17, 15) is 4.79 Å². The van der Waals surface area contributed by atoms with Gasteiger partial charge in [-0.2, -0.15) is 0 Å². The van der Waals surface area contributed by atoms with Crippen LogP contribution in [0.4, 0.5) is 0 Å². The first-order valence-electron chi connectivity index (χ1n) is 8.25. The number of nitrogens with zero attached hydrogens (tertiary/aromatic N) is 1. The fraction of sp³-hybridized carbons (Fsp3) is 0.938. The minimum Gasteiger partial charge on any atom is -0.339 e. The molecule has 112 valence electrons. The van der Waals surface area contributed by atoms with Gasteiger partial charge in [0.2, 0.25) is 5.91 Å². The summed E-state index contributed by atoms with van der Waals surface area (Å²) >= 11 is 0. The average Bonchev–Trinajstić information content (AvgIpc) is 2.92. The predicted molar refractivity (Wildman–Crippen MR) is 80.9 cm³/mol. The van der Waals surface area contributed by atoms with E-state index >= 15 is 0 Å². The van der Waals surface area contributed by atoms with E-state index in [2.05, 4.69) is 18.7 Å². The Morgan fingerprint density at radius 2 is 1.79 bits per heavy atom. The minimum atomic E-state index is 0.244. The molecule has 0 radical (unpaired) electrons. The number of hydrogen-bond donors (Lipinski definition) is 1. The molecule has 1 aliphatic rings. The van der Waals surface area contributed by atoms with E-state index in [4.69, 9.17) is 5.73 Å². The summed E-state index contributed by atoms with van der Waals surface area (Å²) in [5.74, 6) is 0.650. The van der Waals surface area contributed by atoms with E-state index in [0.29, 0.717) is 18.5 Å². The van der Waals surface area contributed by atoms with Gasteiger partial charge in [-0.25, -0.2) is 0 Å². The van der Waals surface area contributed by atoms with Crippen LogP contribution in [0.5, 0.6) is 0 Å². The molecule has 19 heavy (non-hydrogen) atoms. The summed E-state index contributed by atoms with van der Waals surface area (Å²) in [5.41, 5.74) is 5.63. The summed E-state index contributed by atoms with van der Waals surface area (Å²) in [4.78, 5) is 15.0. The zero-order valence-electron chi connectivity index (χ0n) is 12.9. The smallest absolute Gasteiger partial charge is 0.225 e. The van der Waals surface area contributed by atoms with E-state index in [-0.39, 0.29) is 5.92 Å². The summed E-state index contributed by atoms with van der Waals surface area (Å²) in [7, 11) is 0. The Bertz CT molecular complexity index is 243. The van der Waals surface area contributed by atoms with E-state index in [1.54, 1.807) is 0 Å². The Balaban J connectivity index is 2.66. The van der Waals surface area contributed by atoms with Crippen molar-refractivity contribution >= 4 is 5.91 Å². The van der Waals surface area contributed by atoms with Crippen LogP contribution in [0, 0.1) is 5.92 Å². The van der Waals surface area contributed by atoms with Crippen LogP contribution in [0.3, 0.4) is 0 Å². The maximum Gasteiger partial charge on any atom is 0.225 e. The second-order valence-electron chi connectivity index (χ2n) is 5.89. The lowest BCUT2D eigenvalue weighted by atomic mass is 9.95. The summed E-state index contributed by atoms with van der Waals surface area (Å²) in [6.07, 6.45) is 10.2. The Morgan fingerprint density at radius 1 is 1.21 bits per heavy atom. The standard InChI is InChI=1S/C16H32N2O/c1-3-8-14(9-4-2)16(19)18(13-7-12-17)15-10-5-6-11-15/h14-15H,3-13,17H2,1-2H3. The molecule has 0 aromatic rings. The summed E-state index contributed by atoms with van der Waals surface area (Å²) in [6.45, 7) is 5.90. The Kier molecular flexibility index (Phi) is 8.11. The third-order valence-corrected chi connectivity index (χ3v) is 4.28. The van der Waals surface area contributed by atoms with Crippen molar-refractivity contribution in [2.24, 2.45) is 11.7 Å². The van der Waals surface area contributed by atoms with Gasteiger partial charge in [0.1, 0.15) is 0 Å². The molecule has 1 fully saturated rings. The molecule has 1 amide bonds. The van der Waals surface area contributed by atoms with Gasteiger partial charge < -0.3 is 10.6 Å². The maximum atomic E-state index is 12.8. The molecule has 0 saturated heterocycles. The molecule has 2 N–H and O–H groups in total. The molecule has 0 heterocycles. The zero-order chi connectivity index (χ0) is 14.1. The molecule has 0 unspecified atom stereocenters. The first-order valence-corrected chi connectivity index (χ1v) is 8.25. The van der Waals surface area contributed by atoms with Crippen molar-refractivity contribution < 1.29 is 4.79 Å². The average molecular weight is 268 g/mol. The molecule has 1 rings (SSSR count). The van der Waals surface area contributed by atoms with E-state index in [0.717, 1.165) is 38.6 Å². The van der Waals surface area contributed by atoms with Crippen LogP contribution in [0.1, 0.15) is 71.6 Å². The topological polar surface area (TPSA) is 46.3 Å². The van der Waals surface area contributed by atoms with Crippen LogP contribution in [0.2, 0.25) is 0 Å². The van der Waals surface area contributed by atoms with Gasteiger partial charge in [0, 0.05) is 18.5 Å². The van der Waals surface area contributed by atoms with Crippen LogP contribution in [0.25, 0.3) is 0 Å². The molecule has 0 bridgehead atoms. The molecule has 0 aromatic heterocycles. The molecule has 0 aliphatic heterocycles. The summed E-state index contributed by atoms with van der Waals surface area (Å²) in [6, 6.07) is 0.496. The van der Waals surface area contributed by atoms with Crippen molar-refractivity contribution in [1.82, 2.24) is 4.90 Å². The highest BCUT2D eigenvalue weighted by molar-refractivity contribution is 5.79. The Morgan fingerprint density at radius 3 is 2.26 bits per heavy atom. The lowest BCUT2D eigenvalue weighted by Crippen LogP contribution is -2.43. The maximum absolute atomic E-state index is 12.8. The van der Waals surface area contributed by atoms with E-state index < -0.39 is 0 Å². The first kappa shape index (κ1) is 16.5. The molecular weight excluding hydrogens is 236 g/mol. The molecule has 0 aromatic carbocycles. The van der Waals surface area contributed by atoms with Crippen molar-refractivity contribution in [1.29, 1.82) is 0 Å². The highest BCUT2D eigenvalue weighted by Crippen LogP contribution is 2.27. The van der Waals surface area contributed by atoms with Gasteiger partial charge >= 0.3 is 0 Å². The van der Waals surface area contributed by atoms with Gasteiger partial charge in [0.05, 0.1) is 0 Å². The molecule has 3 nitrogen and oxygen atoms in total. The van der Waals surface area contributed by atoms with Crippen molar-refractivity contribution in [3.05, 3.63) is 0 Å². The number of nitrogens with two attached hydrogens (primary N) is 1. The second kappa shape index (κ2) is 9.35. The number of hydrogen-bond acceptors (Lipinski definition) is 2. The SMILES string of the molecule is CCCC(CCC)C(=O)N(CCCN)C1CCCC1. The quantitative estimate of drug-likeness (QED) is 0.697. The number of amides is 1. The molecular formula is C16H32N2O. The van der Waals surface area contributed by atoms with Crippen molar-refractivity contribution in [3.8, 4) is 0 Å². The lowest BCUT2D eigenvalue weighted by molar-refractivity contribution is -0.138. The molecule has 0 spiro atoms. The highest BCUT2D eigenvalue weighted by Gasteiger charge is 2.30. The molecule has 3 heteroatoms. The van der Waals surface area contributed by atoms with Gasteiger partial charge in [-0.05, 0) is 38.6 Å². The lowest BCUT2D eigenvalue weighted by Gasteiger charge is -2.32. The Hall–Kier alpha value is -0.570. The van der Waals surface area contributed by atoms with Gasteiger partial charge in [0.15, 0.2) is 0 Å². The fourth-order valence-electron chi connectivity index (χ4n) is 3.27. The van der Waals surface area contributed by atoms with Crippen molar-refractivity contribution in [3.63, 3.8) is 0 Å². The van der Waals surface area contributed by atoms with Gasteiger partial charge in [-0.1, -0.05) is 39.5 Å². The molecule has 1 saturated carbocycles. The van der Waals surface area contributed by atoms with E-state index in [1.165, 1.54) is 25.7 Å². The summed E-state index contributed by atoms with van der Waals surface area (Å²) in [5, 5.41) is 0. The van der Waals surface area contributed by atoms with Crippen molar-refractivity contribution in [2.45, 2.75) is 77.7 Å². The highest BCUT2D eigenvalue weighted by atomic mass is 16.2.